The van der Waals surface area contributed by atoms with Crippen molar-refractivity contribution in [1.82, 2.24) is 10.2 Å². The van der Waals surface area contributed by atoms with Crippen LogP contribution in [0.25, 0.3) is 0 Å². The molecule has 1 aliphatic heterocycles. The van der Waals surface area contributed by atoms with Crippen LogP contribution < -0.4 is 5.32 Å². The molecular weight excluding hydrogens is 334 g/mol. The van der Waals surface area contributed by atoms with E-state index in [9.17, 15) is 15.0 Å². The van der Waals surface area contributed by atoms with Crippen molar-refractivity contribution in [3.63, 3.8) is 0 Å². The molecule has 0 radical (unpaired) electrons. The second-order valence-electron chi connectivity index (χ2n) is 6.13. The predicted octanol–water partition coefficient (Wildman–Crippen LogP) is 2.04. The maximum atomic E-state index is 10.8. The molecule has 26 heavy (non-hydrogen) atoms. The van der Waals surface area contributed by atoms with Crippen LogP contribution in [-0.4, -0.2) is 65.5 Å². The summed E-state index contributed by atoms with van der Waals surface area (Å²) in [6, 6.07) is 0. The molecule has 4 atom stereocenters. The molecule has 1 fully saturated rings. The summed E-state index contributed by atoms with van der Waals surface area (Å²) in [5.41, 5.74) is 0.756. The first-order valence-corrected chi connectivity index (χ1v) is 9.63. The van der Waals surface area contributed by atoms with Gasteiger partial charge in [-0.05, 0) is 19.8 Å². The van der Waals surface area contributed by atoms with Gasteiger partial charge in [0.1, 0.15) is 18.0 Å². The lowest BCUT2D eigenvalue weighted by molar-refractivity contribution is -0.108. The Balaban J connectivity index is 0.00000301. The lowest BCUT2D eigenvalue weighted by Gasteiger charge is -2.26. The SMILES string of the molecule is CC.CCCCCN=C(NC=O)/C(C)=C\N(C)C1OC(CC)C(O)C1O. The summed E-state index contributed by atoms with van der Waals surface area (Å²) in [5, 5.41) is 22.7. The van der Waals surface area contributed by atoms with Gasteiger partial charge in [-0.25, -0.2) is 0 Å². The van der Waals surface area contributed by atoms with Crippen LogP contribution in [0.1, 0.15) is 60.3 Å². The molecule has 1 aliphatic rings. The molecule has 1 heterocycles. The van der Waals surface area contributed by atoms with E-state index in [4.69, 9.17) is 4.74 Å². The van der Waals surface area contributed by atoms with Crippen molar-refractivity contribution in [2.75, 3.05) is 13.6 Å². The van der Waals surface area contributed by atoms with Gasteiger partial charge in [-0.3, -0.25) is 9.79 Å². The minimum Gasteiger partial charge on any atom is -0.388 e. The number of aliphatic hydroxyl groups excluding tert-OH is 2. The third kappa shape index (κ3) is 7.43. The van der Waals surface area contributed by atoms with Crippen LogP contribution >= 0.6 is 0 Å². The predicted molar refractivity (Wildman–Crippen MR) is 105 cm³/mol. The highest BCUT2D eigenvalue weighted by molar-refractivity contribution is 6.02. The number of aliphatic hydroxyl groups is 2. The van der Waals surface area contributed by atoms with E-state index >= 15 is 0 Å². The Morgan fingerprint density at radius 3 is 2.38 bits per heavy atom. The van der Waals surface area contributed by atoms with Gasteiger partial charge in [-0.1, -0.05) is 40.5 Å². The molecule has 152 valence electrons. The van der Waals surface area contributed by atoms with Crippen LogP contribution in [0.15, 0.2) is 16.8 Å². The molecule has 1 amide bonds. The molecule has 0 saturated carbocycles. The molecule has 0 aromatic heterocycles. The molecule has 1 saturated heterocycles. The molecule has 7 heteroatoms. The van der Waals surface area contributed by atoms with Crippen molar-refractivity contribution in [2.24, 2.45) is 4.99 Å². The van der Waals surface area contributed by atoms with E-state index in [1.807, 2.05) is 27.7 Å². The Morgan fingerprint density at radius 1 is 1.23 bits per heavy atom. The Hall–Kier alpha value is -1.44. The molecular formula is C19H37N3O4. The maximum absolute atomic E-state index is 10.8. The van der Waals surface area contributed by atoms with Crippen molar-refractivity contribution in [2.45, 2.75) is 84.8 Å². The lowest BCUT2D eigenvalue weighted by atomic mass is 10.1. The monoisotopic (exact) mass is 371 g/mol. The van der Waals surface area contributed by atoms with Crippen molar-refractivity contribution < 1.29 is 19.7 Å². The highest BCUT2D eigenvalue weighted by Gasteiger charge is 2.43. The van der Waals surface area contributed by atoms with E-state index in [1.165, 1.54) is 0 Å². The van der Waals surface area contributed by atoms with Crippen molar-refractivity contribution >= 4 is 12.2 Å². The summed E-state index contributed by atoms with van der Waals surface area (Å²) in [4.78, 5) is 16.9. The number of likely N-dealkylation sites (N-methyl/N-ethyl adjacent to an activating group) is 1. The minimum atomic E-state index is -0.979. The summed E-state index contributed by atoms with van der Waals surface area (Å²) in [6.07, 6.45) is 3.29. The molecule has 3 N–H and O–H groups in total. The number of aliphatic imine (C=N–C) groups is 1. The third-order valence-electron chi connectivity index (χ3n) is 4.14. The Kier molecular flexibility index (Phi) is 13.0. The van der Waals surface area contributed by atoms with Gasteiger partial charge in [0.25, 0.3) is 0 Å². The number of amidine groups is 1. The topological polar surface area (TPSA) is 94.4 Å². The van der Waals surface area contributed by atoms with Crippen LogP contribution in [0, 0.1) is 0 Å². The summed E-state index contributed by atoms with van der Waals surface area (Å²) in [5.74, 6) is 0.507. The fourth-order valence-electron chi connectivity index (χ4n) is 2.74. The molecule has 0 aromatic rings. The number of hydrogen-bond donors (Lipinski definition) is 3. The van der Waals surface area contributed by atoms with Crippen LogP contribution in [0.2, 0.25) is 0 Å². The summed E-state index contributed by atoms with van der Waals surface area (Å²) < 4.78 is 5.70. The van der Waals surface area contributed by atoms with Crippen LogP contribution in [0.3, 0.4) is 0 Å². The maximum Gasteiger partial charge on any atom is 0.212 e. The summed E-state index contributed by atoms with van der Waals surface area (Å²) in [7, 11) is 1.76. The number of nitrogens with one attached hydrogen (secondary N) is 1. The van der Waals surface area contributed by atoms with Gasteiger partial charge in [-0.2, -0.15) is 0 Å². The zero-order chi connectivity index (χ0) is 20.1. The van der Waals surface area contributed by atoms with Gasteiger partial charge in [0, 0.05) is 25.4 Å². The zero-order valence-electron chi connectivity index (χ0n) is 17.1. The van der Waals surface area contributed by atoms with Crippen molar-refractivity contribution in [1.29, 1.82) is 0 Å². The van der Waals surface area contributed by atoms with Gasteiger partial charge >= 0.3 is 0 Å². The smallest absolute Gasteiger partial charge is 0.212 e. The van der Waals surface area contributed by atoms with Gasteiger partial charge < -0.3 is 25.2 Å². The van der Waals surface area contributed by atoms with E-state index in [1.54, 1.807) is 18.1 Å². The van der Waals surface area contributed by atoms with Gasteiger partial charge in [0.05, 0.1) is 6.10 Å². The number of hydrogen-bond acceptors (Lipinski definition) is 6. The molecule has 0 bridgehead atoms. The average Bonchev–Trinajstić information content (AvgIpc) is 2.94. The largest absolute Gasteiger partial charge is 0.388 e. The Bertz CT molecular complexity index is 454. The first-order valence-electron chi connectivity index (χ1n) is 9.63. The van der Waals surface area contributed by atoms with Gasteiger partial charge in [0.15, 0.2) is 6.23 Å². The van der Waals surface area contributed by atoms with E-state index in [0.717, 1.165) is 24.8 Å². The second kappa shape index (κ2) is 13.7. The number of nitrogens with zero attached hydrogens (tertiary/aromatic N) is 2. The molecule has 4 unspecified atom stereocenters. The Labute approximate surface area is 158 Å². The van der Waals surface area contributed by atoms with Crippen LogP contribution in [-0.2, 0) is 9.53 Å². The number of amides is 1. The summed E-state index contributed by atoms with van der Waals surface area (Å²) >= 11 is 0. The fourth-order valence-corrected chi connectivity index (χ4v) is 2.74. The van der Waals surface area contributed by atoms with E-state index < -0.39 is 18.4 Å². The molecule has 7 nitrogen and oxygen atoms in total. The first-order chi connectivity index (χ1) is 12.5. The average molecular weight is 372 g/mol. The fraction of sp³-hybridized carbons (Fsp3) is 0.789. The lowest BCUT2D eigenvalue weighted by Crippen LogP contribution is -2.40. The number of ether oxygens (including phenoxy) is 1. The van der Waals surface area contributed by atoms with Gasteiger partial charge in [-0.15, -0.1) is 0 Å². The van der Waals surface area contributed by atoms with Gasteiger partial charge in [0.2, 0.25) is 6.41 Å². The van der Waals surface area contributed by atoms with E-state index in [0.29, 0.717) is 25.2 Å². The quantitative estimate of drug-likeness (QED) is 0.250. The zero-order valence-corrected chi connectivity index (χ0v) is 17.1. The first kappa shape index (κ1) is 24.6. The second-order valence-corrected chi connectivity index (χ2v) is 6.13. The molecule has 0 aromatic carbocycles. The number of unbranched alkanes of at least 4 members (excludes halogenated alkanes) is 2. The third-order valence-corrected chi connectivity index (χ3v) is 4.14. The Morgan fingerprint density at radius 2 is 1.88 bits per heavy atom. The number of carbonyl (C=O) groups excluding carboxylic acids is 1. The summed E-state index contributed by atoms with van der Waals surface area (Å²) in [6.45, 7) is 10.5. The molecule has 1 rings (SSSR count). The van der Waals surface area contributed by atoms with E-state index in [-0.39, 0.29) is 6.10 Å². The van der Waals surface area contributed by atoms with Crippen LogP contribution in [0.4, 0.5) is 0 Å². The van der Waals surface area contributed by atoms with Crippen molar-refractivity contribution in [3.8, 4) is 0 Å². The molecule has 0 aliphatic carbocycles. The highest BCUT2D eigenvalue weighted by atomic mass is 16.6. The molecule has 0 spiro atoms. The van der Waals surface area contributed by atoms with E-state index in [2.05, 4.69) is 17.2 Å². The number of carbonyl (C=O) groups is 1. The minimum absolute atomic E-state index is 0.378. The normalized spacial score (nSPS) is 26.2. The number of rotatable bonds is 9. The van der Waals surface area contributed by atoms with Crippen LogP contribution in [0.5, 0.6) is 0 Å². The highest BCUT2D eigenvalue weighted by Crippen LogP contribution is 2.25. The van der Waals surface area contributed by atoms with Crippen molar-refractivity contribution in [3.05, 3.63) is 11.8 Å². The standard InChI is InChI=1S/C17H31N3O4.C2H6/c1-5-7-8-9-18-16(19-11-21)12(3)10-20(4)17-15(23)14(22)13(6-2)24-17;1-2/h10-11,13-15,17,22-23H,5-9H2,1-4H3,(H,18,19,21);1-2H3/b12-10-;.